The van der Waals surface area contributed by atoms with E-state index < -0.39 is 0 Å². The molecule has 1 N–H and O–H groups in total. The quantitative estimate of drug-likeness (QED) is 0.675. The molecule has 0 aromatic carbocycles. The molecule has 0 unspecified atom stereocenters. The summed E-state index contributed by atoms with van der Waals surface area (Å²) < 4.78 is 0. The van der Waals surface area contributed by atoms with E-state index in [0.717, 1.165) is 25.5 Å². The number of guanidine groups is 1. The van der Waals surface area contributed by atoms with Crippen LogP contribution in [0.2, 0.25) is 0 Å². The topological polar surface area (TPSA) is 40.5 Å². The van der Waals surface area contributed by atoms with Gasteiger partial charge in [0.05, 0.1) is 10.7 Å². The molecule has 1 aromatic heterocycles. The van der Waals surface area contributed by atoms with Crippen LogP contribution in [0.3, 0.4) is 0 Å². The van der Waals surface area contributed by atoms with E-state index in [1.54, 1.807) is 11.3 Å². The SMILES string of the molecule is CN=C(NCCc1csc(C(C)C)n1)N1CCC2(CCCC2)C1. The summed E-state index contributed by atoms with van der Waals surface area (Å²) in [6.07, 6.45) is 7.98. The van der Waals surface area contributed by atoms with Gasteiger partial charge >= 0.3 is 0 Å². The summed E-state index contributed by atoms with van der Waals surface area (Å²) in [6, 6.07) is 0. The maximum absolute atomic E-state index is 4.71. The summed E-state index contributed by atoms with van der Waals surface area (Å²) in [5.41, 5.74) is 1.80. The van der Waals surface area contributed by atoms with Crippen molar-refractivity contribution in [3.63, 3.8) is 0 Å². The fraction of sp³-hybridized carbons (Fsp3) is 0.778. The number of thiazole rings is 1. The molecule has 1 aromatic rings. The van der Waals surface area contributed by atoms with Crippen LogP contribution in [0.4, 0.5) is 0 Å². The molecule has 2 aliphatic rings. The van der Waals surface area contributed by atoms with Gasteiger partial charge in [-0.25, -0.2) is 4.98 Å². The predicted octanol–water partition coefficient (Wildman–Crippen LogP) is 3.65. The van der Waals surface area contributed by atoms with E-state index in [0.29, 0.717) is 11.3 Å². The second-order valence-electron chi connectivity index (χ2n) is 7.43. The summed E-state index contributed by atoms with van der Waals surface area (Å²) in [4.78, 5) is 11.7. The maximum atomic E-state index is 4.71. The Kier molecular flexibility index (Phi) is 5.24. The number of rotatable bonds is 4. The smallest absolute Gasteiger partial charge is 0.193 e. The van der Waals surface area contributed by atoms with E-state index in [9.17, 15) is 0 Å². The fourth-order valence-corrected chi connectivity index (χ4v) is 4.86. The zero-order valence-electron chi connectivity index (χ0n) is 14.8. The number of nitrogens with zero attached hydrogens (tertiary/aromatic N) is 3. The Morgan fingerprint density at radius 1 is 1.39 bits per heavy atom. The predicted molar refractivity (Wildman–Crippen MR) is 98.4 cm³/mol. The number of hydrogen-bond donors (Lipinski definition) is 1. The zero-order chi connectivity index (χ0) is 16.3. The second kappa shape index (κ2) is 7.20. The summed E-state index contributed by atoms with van der Waals surface area (Å²) in [6.45, 7) is 7.68. The first-order valence-electron chi connectivity index (χ1n) is 9.02. The first-order chi connectivity index (χ1) is 11.1. The summed E-state index contributed by atoms with van der Waals surface area (Å²) in [7, 11) is 1.90. The molecule has 1 saturated heterocycles. The Balaban J connectivity index is 1.48. The Hall–Kier alpha value is -1.10. The first-order valence-corrected chi connectivity index (χ1v) is 9.90. The number of likely N-dealkylation sites (tertiary alicyclic amines) is 1. The van der Waals surface area contributed by atoms with Crippen LogP contribution >= 0.6 is 11.3 Å². The normalized spacial score (nSPS) is 20.9. The van der Waals surface area contributed by atoms with Crippen molar-refractivity contribution in [1.82, 2.24) is 15.2 Å². The number of nitrogens with one attached hydrogen (secondary N) is 1. The standard InChI is InChI=1S/C18H30N4S/c1-14(2)16-21-15(12-23-16)6-10-20-17(19-3)22-11-9-18(13-22)7-4-5-8-18/h12,14H,4-11,13H2,1-3H3,(H,19,20). The third-order valence-corrected chi connectivity index (χ3v) is 6.54. The van der Waals surface area contributed by atoms with Crippen LogP contribution in [0.25, 0.3) is 0 Å². The molecule has 3 rings (SSSR count). The third kappa shape index (κ3) is 3.87. The van der Waals surface area contributed by atoms with E-state index in [2.05, 4.69) is 34.4 Å². The Bertz CT molecular complexity index is 543. The van der Waals surface area contributed by atoms with Gasteiger partial charge in [-0.3, -0.25) is 4.99 Å². The van der Waals surface area contributed by atoms with Crippen LogP contribution in [0.1, 0.15) is 62.6 Å². The van der Waals surface area contributed by atoms with E-state index >= 15 is 0 Å². The van der Waals surface area contributed by atoms with Gasteiger partial charge in [-0.05, 0) is 24.7 Å². The highest BCUT2D eigenvalue weighted by Crippen LogP contribution is 2.45. The molecular formula is C18H30N4S. The molecule has 0 radical (unpaired) electrons. The number of hydrogen-bond acceptors (Lipinski definition) is 3. The average Bonchev–Trinajstić information content (AvgIpc) is 3.26. The van der Waals surface area contributed by atoms with Crippen LogP contribution < -0.4 is 5.32 Å². The Morgan fingerprint density at radius 2 is 2.17 bits per heavy atom. The Morgan fingerprint density at radius 3 is 2.83 bits per heavy atom. The molecule has 1 aliphatic heterocycles. The van der Waals surface area contributed by atoms with Crippen molar-refractivity contribution in [2.45, 2.75) is 58.3 Å². The van der Waals surface area contributed by atoms with E-state index in [1.165, 1.54) is 49.4 Å². The van der Waals surface area contributed by atoms with Gasteiger partial charge in [-0.1, -0.05) is 26.7 Å². The molecule has 5 heteroatoms. The molecule has 0 amide bonds. The van der Waals surface area contributed by atoms with Crippen molar-refractivity contribution < 1.29 is 0 Å². The molecule has 23 heavy (non-hydrogen) atoms. The van der Waals surface area contributed by atoms with Crippen molar-refractivity contribution >= 4 is 17.3 Å². The third-order valence-electron chi connectivity index (χ3n) is 5.34. The summed E-state index contributed by atoms with van der Waals surface area (Å²) in [5, 5.41) is 6.99. The van der Waals surface area contributed by atoms with Crippen molar-refractivity contribution in [2.24, 2.45) is 10.4 Å². The average molecular weight is 335 g/mol. The molecule has 1 saturated carbocycles. The van der Waals surface area contributed by atoms with Crippen molar-refractivity contribution in [2.75, 3.05) is 26.7 Å². The molecule has 2 fully saturated rings. The lowest BCUT2D eigenvalue weighted by atomic mass is 9.86. The number of aromatic nitrogens is 1. The van der Waals surface area contributed by atoms with Gasteiger partial charge in [0.25, 0.3) is 0 Å². The van der Waals surface area contributed by atoms with E-state index in [-0.39, 0.29) is 0 Å². The molecule has 0 atom stereocenters. The van der Waals surface area contributed by atoms with Gasteiger partial charge in [0, 0.05) is 44.4 Å². The lowest BCUT2D eigenvalue weighted by Crippen LogP contribution is -2.41. The highest BCUT2D eigenvalue weighted by atomic mass is 32.1. The minimum absolute atomic E-state index is 0.529. The van der Waals surface area contributed by atoms with Crippen LogP contribution in [0.15, 0.2) is 10.4 Å². The molecule has 0 bridgehead atoms. The summed E-state index contributed by atoms with van der Waals surface area (Å²) >= 11 is 1.78. The highest BCUT2D eigenvalue weighted by Gasteiger charge is 2.40. The molecule has 4 nitrogen and oxygen atoms in total. The van der Waals surface area contributed by atoms with E-state index in [4.69, 9.17) is 4.98 Å². The van der Waals surface area contributed by atoms with Crippen LogP contribution in [-0.4, -0.2) is 42.5 Å². The van der Waals surface area contributed by atoms with Gasteiger partial charge < -0.3 is 10.2 Å². The van der Waals surface area contributed by atoms with E-state index in [1.807, 2.05) is 7.05 Å². The van der Waals surface area contributed by atoms with Gasteiger partial charge in [-0.15, -0.1) is 11.3 Å². The molecule has 128 valence electrons. The fourth-order valence-electron chi connectivity index (χ4n) is 3.99. The summed E-state index contributed by atoms with van der Waals surface area (Å²) in [5.74, 6) is 1.61. The van der Waals surface area contributed by atoms with Crippen molar-refractivity contribution in [1.29, 1.82) is 0 Å². The van der Waals surface area contributed by atoms with Gasteiger partial charge in [0.15, 0.2) is 5.96 Å². The molecular weight excluding hydrogens is 304 g/mol. The van der Waals surface area contributed by atoms with Crippen LogP contribution in [0.5, 0.6) is 0 Å². The van der Waals surface area contributed by atoms with Crippen molar-refractivity contribution in [3.05, 3.63) is 16.1 Å². The van der Waals surface area contributed by atoms with Crippen molar-refractivity contribution in [3.8, 4) is 0 Å². The molecule has 2 heterocycles. The van der Waals surface area contributed by atoms with Crippen LogP contribution in [-0.2, 0) is 6.42 Å². The monoisotopic (exact) mass is 334 g/mol. The zero-order valence-corrected chi connectivity index (χ0v) is 15.6. The van der Waals surface area contributed by atoms with Gasteiger partial charge in [-0.2, -0.15) is 0 Å². The lowest BCUT2D eigenvalue weighted by molar-refractivity contribution is 0.309. The Labute approximate surface area is 144 Å². The molecule has 1 spiro atoms. The lowest BCUT2D eigenvalue weighted by Gasteiger charge is -2.25. The minimum Gasteiger partial charge on any atom is -0.356 e. The number of aliphatic imine (C=N–C) groups is 1. The highest BCUT2D eigenvalue weighted by molar-refractivity contribution is 7.09. The molecule has 1 aliphatic carbocycles. The first kappa shape index (κ1) is 16.7. The van der Waals surface area contributed by atoms with Gasteiger partial charge in [0.1, 0.15) is 0 Å². The largest absolute Gasteiger partial charge is 0.356 e. The second-order valence-corrected chi connectivity index (χ2v) is 8.32. The van der Waals surface area contributed by atoms with Gasteiger partial charge in [0.2, 0.25) is 0 Å². The minimum atomic E-state index is 0.529. The maximum Gasteiger partial charge on any atom is 0.193 e. The van der Waals surface area contributed by atoms with Crippen LogP contribution in [0, 0.1) is 5.41 Å².